The van der Waals surface area contributed by atoms with Gasteiger partial charge in [0, 0.05) is 5.71 Å². The summed E-state index contributed by atoms with van der Waals surface area (Å²) in [5, 5.41) is 7.46. The molecule has 55 valence electrons. The lowest BCUT2D eigenvalue weighted by Crippen LogP contribution is -2.18. The van der Waals surface area contributed by atoms with Crippen molar-refractivity contribution in [2.75, 3.05) is 0 Å². The van der Waals surface area contributed by atoms with Gasteiger partial charge in [-0.1, -0.05) is 36.6 Å². The summed E-state index contributed by atoms with van der Waals surface area (Å²) in [4.78, 5) is 0. The first-order chi connectivity index (χ1) is 5.25. The van der Waals surface area contributed by atoms with Crippen molar-refractivity contribution >= 4 is 18.5 Å². The Balaban J connectivity index is 3.12. The highest BCUT2D eigenvalue weighted by Crippen LogP contribution is 1.95. The Bertz CT molecular complexity index is 268. The van der Waals surface area contributed by atoms with Crippen LogP contribution < -0.4 is 5.46 Å². The van der Waals surface area contributed by atoms with Crippen LogP contribution in [0, 0.1) is 5.41 Å². The van der Waals surface area contributed by atoms with Crippen LogP contribution in [0.5, 0.6) is 0 Å². The lowest BCUT2D eigenvalue weighted by molar-refractivity contribution is 1.47. The molecule has 1 radical (unpaired) electrons. The minimum Gasteiger partial charge on any atom is -0.305 e. The Morgan fingerprint density at radius 3 is 2.45 bits per heavy atom. The van der Waals surface area contributed by atoms with Crippen molar-refractivity contribution in [1.29, 1.82) is 5.41 Å². The zero-order chi connectivity index (χ0) is 8.27. The van der Waals surface area contributed by atoms with Gasteiger partial charge in [-0.05, 0) is 12.5 Å². The molecule has 0 heterocycles. The van der Waals surface area contributed by atoms with Gasteiger partial charge >= 0.3 is 0 Å². The standard InChI is InChI=1S/C9H11BN/c1-7(11)8-5-3-4-6-9(8)10-2/h3-6,11H,1-2H3. The molecule has 0 saturated heterocycles. The second-order valence-corrected chi connectivity index (χ2v) is 2.50. The molecule has 11 heavy (non-hydrogen) atoms. The number of rotatable bonds is 2. The summed E-state index contributed by atoms with van der Waals surface area (Å²) in [5.74, 6) is 0. The van der Waals surface area contributed by atoms with Crippen molar-refractivity contribution in [2.24, 2.45) is 0 Å². The van der Waals surface area contributed by atoms with Gasteiger partial charge in [-0.2, -0.15) is 0 Å². The maximum atomic E-state index is 7.46. The second-order valence-electron chi connectivity index (χ2n) is 2.50. The van der Waals surface area contributed by atoms with Gasteiger partial charge in [-0.3, -0.25) is 0 Å². The van der Waals surface area contributed by atoms with E-state index >= 15 is 0 Å². The minimum absolute atomic E-state index is 0.624. The van der Waals surface area contributed by atoms with Crippen molar-refractivity contribution in [3.05, 3.63) is 29.8 Å². The molecule has 1 N–H and O–H groups in total. The van der Waals surface area contributed by atoms with Crippen LogP contribution in [0.3, 0.4) is 0 Å². The van der Waals surface area contributed by atoms with Gasteiger partial charge < -0.3 is 5.41 Å². The first kappa shape index (κ1) is 8.06. The third-order valence-electron chi connectivity index (χ3n) is 1.68. The van der Waals surface area contributed by atoms with E-state index in [-0.39, 0.29) is 0 Å². The Kier molecular flexibility index (Phi) is 2.47. The van der Waals surface area contributed by atoms with Crippen LogP contribution in [0.25, 0.3) is 0 Å². The molecule has 0 saturated carbocycles. The predicted molar refractivity (Wildman–Crippen MR) is 50.2 cm³/mol. The molecule has 0 spiro atoms. The zero-order valence-electron chi connectivity index (χ0n) is 6.89. The van der Waals surface area contributed by atoms with Crippen LogP contribution in [0.4, 0.5) is 0 Å². The van der Waals surface area contributed by atoms with E-state index in [4.69, 9.17) is 5.41 Å². The van der Waals surface area contributed by atoms with Gasteiger partial charge in [0.25, 0.3) is 0 Å². The summed E-state index contributed by atoms with van der Waals surface area (Å²) >= 11 is 0. The Labute approximate surface area is 68.2 Å². The average Bonchev–Trinajstić information content (AvgIpc) is 2.04. The molecule has 1 nitrogen and oxygen atoms in total. The van der Waals surface area contributed by atoms with Gasteiger partial charge in [0.05, 0.1) is 0 Å². The Morgan fingerprint density at radius 2 is 2.00 bits per heavy atom. The van der Waals surface area contributed by atoms with E-state index < -0.39 is 0 Å². The molecule has 0 aliphatic rings. The molecule has 1 rings (SSSR count). The van der Waals surface area contributed by atoms with E-state index in [1.165, 1.54) is 0 Å². The smallest absolute Gasteiger partial charge is 0.149 e. The summed E-state index contributed by atoms with van der Waals surface area (Å²) in [6, 6.07) is 7.94. The highest BCUT2D eigenvalue weighted by Gasteiger charge is 1.99. The summed E-state index contributed by atoms with van der Waals surface area (Å²) in [5.41, 5.74) is 2.79. The lowest BCUT2D eigenvalue weighted by Gasteiger charge is -2.03. The van der Waals surface area contributed by atoms with Crippen molar-refractivity contribution in [1.82, 2.24) is 0 Å². The highest BCUT2D eigenvalue weighted by molar-refractivity contribution is 6.54. The van der Waals surface area contributed by atoms with E-state index in [1.807, 2.05) is 45.3 Å². The lowest BCUT2D eigenvalue weighted by atomic mass is 9.70. The fraction of sp³-hybridized carbons (Fsp3) is 0.222. The number of nitrogens with one attached hydrogen (secondary N) is 1. The molecule has 0 aliphatic carbocycles. The topological polar surface area (TPSA) is 23.9 Å². The molecule has 0 amide bonds. The molecule has 0 unspecified atom stereocenters. The molecule has 1 aromatic carbocycles. The van der Waals surface area contributed by atoms with Crippen molar-refractivity contribution in [2.45, 2.75) is 13.7 Å². The fourth-order valence-electron chi connectivity index (χ4n) is 1.09. The normalized spacial score (nSPS) is 9.27. The van der Waals surface area contributed by atoms with E-state index in [0.29, 0.717) is 5.71 Å². The van der Waals surface area contributed by atoms with Gasteiger partial charge in [0.2, 0.25) is 0 Å². The molecule has 2 heteroatoms. The van der Waals surface area contributed by atoms with E-state index in [2.05, 4.69) is 0 Å². The van der Waals surface area contributed by atoms with Crippen molar-refractivity contribution < 1.29 is 0 Å². The maximum Gasteiger partial charge on any atom is 0.149 e. The summed E-state index contributed by atoms with van der Waals surface area (Å²) in [6.07, 6.45) is 0. The van der Waals surface area contributed by atoms with Gasteiger partial charge in [0.15, 0.2) is 0 Å². The third-order valence-corrected chi connectivity index (χ3v) is 1.68. The van der Waals surface area contributed by atoms with Crippen LogP contribution in [0.1, 0.15) is 12.5 Å². The predicted octanol–water partition coefficient (Wildman–Crippen LogP) is 1.45. The van der Waals surface area contributed by atoms with Crippen LogP contribution in [0.2, 0.25) is 6.82 Å². The largest absolute Gasteiger partial charge is 0.305 e. The van der Waals surface area contributed by atoms with E-state index in [0.717, 1.165) is 11.0 Å². The molecule has 0 aromatic heterocycles. The molecule has 0 bridgehead atoms. The maximum absolute atomic E-state index is 7.46. The Hall–Kier alpha value is -1.05. The molecule has 1 aromatic rings. The van der Waals surface area contributed by atoms with Crippen LogP contribution in [0.15, 0.2) is 24.3 Å². The van der Waals surface area contributed by atoms with Gasteiger partial charge in [-0.15, -0.1) is 0 Å². The quantitative estimate of drug-likeness (QED) is 0.479. The van der Waals surface area contributed by atoms with Gasteiger partial charge in [0.1, 0.15) is 7.28 Å². The second kappa shape index (κ2) is 3.38. The highest BCUT2D eigenvalue weighted by atomic mass is 14.4. The first-order valence-corrected chi connectivity index (χ1v) is 3.69. The molecule has 0 aliphatic heterocycles. The number of hydrogen-bond donors (Lipinski definition) is 1. The molecule has 0 fully saturated rings. The van der Waals surface area contributed by atoms with Gasteiger partial charge in [-0.25, -0.2) is 0 Å². The summed E-state index contributed by atoms with van der Waals surface area (Å²) in [6.45, 7) is 3.80. The first-order valence-electron chi connectivity index (χ1n) is 3.69. The molecular weight excluding hydrogens is 133 g/mol. The average molecular weight is 144 g/mol. The third kappa shape index (κ3) is 1.70. The van der Waals surface area contributed by atoms with Crippen molar-refractivity contribution in [3.8, 4) is 0 Å². The zero-order valence-corrected chi connectivity index (χ0v) is 6.89. The van der Waals surface area contributed by atoms with E-state index in [1.54, 1.807) is 0 Å². The van der Waals surface area contributed by atoms with Crippen LogP contribution in [-0.2, 0) is 0 Å². The SMILES string of the molecule is C[B]c1ccccc1C(C)=N. The molecular formula is C9H11BN. The van der Waals surface area contributed by atoms with Crippen LogP contribution in [-0.4, -0.2) is 13.0 Å². The Morgan fingerprint density at radius 1 is 1.36 bits per heavy atom. The van der Waals surface area contributed by atoms with E-state index in [9.17, 15) is 0 Å². The summed E-state index contributed by atoms with van der Waals surface area (Å²) in [7, 11) is 2.02. The minimum atomic E-state index is 0.624. The number of hydrogen-bond acceptors (Lipinski definition) is 1. The fourth-order valence-corrected chi connectivity index (χ4v) is 1.09. The van der Waals surface area contributed by atoms with Crippen molar-refractivity contribution in [3.63, 3.8) is 0 Å². The number of benzene rings is 1. The molecule has 0 atom stereocenters. The van der Waals surface area contributed by atoms with Crippen LogP contribution >= 0.6 is 0 Å². The summed E-state index contributed by atoms with van der Waals surface area (Å²) < 4.78 is 0. The monoisotopic (exact) mass is 144 g/mol.